The Morgan fingerprint density at radius 2 is 1.48 bits per heavy atom. The van der Waals surface area contributed by atoms with Crippen molar-refractivity contribution in [2.75, 3.05) is 0 Å². The lowest BCUT2D eigenvalue weighted by molar-refractivity contribution is -0.586. The van der Waals surface area contributed by atoms with E-state index in [4.69, 9.17) is 4.11 Å². The molecule has 0 radical (unpaired) electrons. The van der Waals surface area contributed by atoms with Crippen molar-refractivity contribution in [3.63, 3.8) is 0 Å². The zero-order chi connectivity index (χ0) is 24.4. The van der Waals surface area contributed by atoms with Crippen LogP contribution in [0.15, 0.2) is 66.7 Å². The lowest BCUT2D eigenvalue weighted by atomic mass is 9.93. The number of hydrogen-bond donors (Lipinski definition) is 0. The number of para-hydroxylation sites is 1. The molecule has 2 aromatic heterocycles. The number of aryl methyl sites for hydroxylation is 1. The SMILES string of the molecule is [2H]C([2H])([2H])c1cccc2c1c1cccc(C(C)C)c1[n+]1c2c(-c2ccccc2)c(C)n1C(C)C. The smallest absolute Gasteiger partial charge is 0.149 e. The number of fused-ring (bicyclic) bond motifs is 6. The fourth-order valence-electron chi connectivity index (χ4n) is 5.19. The van der Waals surface area contributed by atoms with E-state index in [-0.39, 0.29) is 12.0 Å². The molecule has 0 spiro atoms. The molecule has 2 heteroatoms. The highest BCUT2D eigenvalue weighted by molar-refractivity contribution is 6.14. The van der Waals surface area contributed by atoms with Crippen LogP contribution in [-0.2, 0) is 0 Å². The van der Waals surface area contributed by atoms with Gasteiger partial charge in [-0.15, -0.1) is 4.68 Å². The Morgan fingerprint density at radius 1 is 0.806 bits per heavy atom. The van der Waals surface area contributed by atoms with Gasteiger partial charge in [0.1, 0.15) is 0 Å². The summed E-state index contributed by atoms with van der Waals surface area (Å²) in [5.74, 6) is 0.285. The molecular weight excluding hydrogens is 376 g/mol. The maximum Gasteiger partial charge on any atom is 0.254 e. The summed E-state index contributed by atoms with van der Waals surface area (Å²) < 4.78 is 29.7. The predicted octanol–water partition coefficient (Wildman–Crippen LogP) is 7.52. The van der Waals surface area contributed by atoms with Crippen LogP contribution in [0.3, 0.4) is 0 Å². The molecule has 0 saturated carbocycles. The molecule has 0 N–H and O–H groups in total. The number of pyridine rings is 1. The molecule has 0 aliphatic rings. The molecule has 0 fully saturated rings. The molecule has 156 valence electrons. The van der Waals surface area contributed by atoms with Crippen LogP contribution in [0.25, 0.3) is 38.3 Å². The summed E-state index contributed by atoms with van der Waals surface area (Å²) in [5.41, 5.74) is 7.25. The Labute approximate surface area is 189 Å². The van der Waals surface area contributed by atoms with Gasteiger partial charge in [0.2, 0.25) is 5.52 Å². The summed E-state index contributed by atoms with van der Waals surface area (Å²) in [5, 5.41) is 2.80. The lowest BCUT2D eigenvalue weighted by Crippen LogP contribution is -2.36. The Kier molecular flexibility index (Phi) is 3.86. The van der Waals surface area contributed by atoms with Gasteiger partial charge in [-0.2, -0.15) is 0 Å². The van der Waals surface area contributed by atoms with E-state index in [0.717, 1.165) is 38.3 Å². The van der Waals surface area contributed by atoms with Crippen molar-refractivity contribution in [2.45, 2.75) is 53.4 Å². The van der Waals surface area contributed by atoms with Crippen molar-refractivity contribution >= 4 is 27.2 Å². The quantitative estimate of drug-likeness (QED) is 0.215. The predicted molar refractivity (Wildman–Crippen MR) is 132 cm³/mol. The lowest BCUT2D eigenvalue weighted by Gasteiger charge is -2.13. The summed E-state index contributed by atoms with van der Waals surface area (Å²) in [6.45, 7) is 8.80. The van der Waals surface area contributed by atoms with Crippen molar-refractivity contribution in [3.8, 4) is 11.1 Å². The van der Waals surface area contributed by atoms with Crippen molar-refractivity contribution in [3.05, 3.63) is 83.6 Å². The molecule has 2 heterocycles. The molecular formula is C29H31N2+. The molecule has 0 atom stereocenters. The zero-order valence-corrected chi connectivity index (χ0v) is 18.9. The van der Waals surface area contributed by atoms with Crippen LogP contribution in [0.1, 0.15) is 60.6 Å². The first-order valence-corrected chi connectivity index (χ1v) is 11.1. The highest BCUT2D eigenvalue weighted by atomic mass is 15.4. The zero-order valence-electron chi connectivity index (χ0n) is 21.9. The number of aromatic nitrogens is 2. The van der Waals surface area contributed by atoms with Crippen LogP contribution in [-0.4, -0.2) is 4.68 Å². The van der Waals surface area contributed by atoms with Crippen LogP contribution in [0.2, 0.25) is 0 Å². The minimum atomic E-state index is -2.21. The maximum absolute atomic E-state index is 8.33. The van der Waals surface area contributed by atoms with Gasteiger partial charge < -0.3 is 0 Å². The highest BCUT2D eigenvalue weighted by Gasteiger charge is 2.32. The number of benzene rings is 3. The molecule has 0 aliphatic heterocycles. The van der Waals surface area contributed by atoms with E-state index in [9.17, 15) is 0 Å². The van der Waals surface area contributed by atoms with Gasteiger partial charge in [-0.3, -0.25) is 0 Å². The fraction of sp³-hybridized carbons (Fsp3) is 0.276. The molecule has 0 aliphatic carbocycles. The van der Waals surface area contributed by atoms with Crippen LogP contribution in [0.5, 0.6) is 0 Å². The van der Waals surface area contributed by atoms with Gasteiger partial charge in [-0.1, -0.05) is 73.0 Å². The normalized spacial score (nSPS) is 14.0. The summed E-state index contributed by atoms with van der Waals surface area (Å²) in [6, 6.07) is 22.7. The van der Waals surface area contributed by atoms with Crippen molar-refractivity contribution in [1.82, 2.24) is 4.68 Å². The Hall–Kier alpha value is -3.13. The van der Waals surface area contributed by atoms with Gasteiger partial charge in [-0.25, -0.2) is 0 Å². The van der Waals surface area contributed by atoms with Crippen molar-refractivity contribution in [1.29, 1.82) is 0 Å². The monoisotopic (exact) mass is 410 g/mol. The fourth-order valence-corrected chi connectivity index (χ4v) is 5.19. The van der Waals surface area contributed by atoms with Gasteiger partial charge >= 0.3 is 0 Å². The first-order chi connectivity index (χ1) is 16.1. The van der Waals surface area contributed by atoms with Gasteiger partial charge in [0, 0.05) is 15.1 Å². The number of rotatable bonds is 3. The molecule has 0 saturated heterocycles. The summed E-state index contributed by atoms with van der Waals surface area (Å²) in [4.78, 5) is 0. The van der Waals surface area contributed by atoms with Gasteiger partial charge in [0.05, 0.1) is 28.1 Å². The van der Waals surface area contributed by atoms with E-state index in [1.807, 2.05) is 12.1 Å². The molecule has 3 aromatic carbocycles. The van der Waals surface area contributed by atoms with Gasteiger partial charge in [0.15, 0.2) is 0 Å². The second kappa shape index (κ2) is 7.23. The molecule has 5 rings (SSSR count). The van der Waals surface area contributed by atoms with Crippen molar-refractivity contribution in [2.24, 2.45) is 0 Å². The van der Waals surface area contributed by atoms with E-state index in [1.165, 1.54) is 11.3 Å². The topological polar surface area (TPSA) is 9.03 Å². The molecule has 0 bridgehead atoms. The Bertz CT molecular complexity index is 1540. The van der Waals surface area contributed by atoms with Crippen LogP contribution in [0, 0.1) is 13.8 Å². The van der Waals surface area contributed by atoms with Crippen LogP contribution < -0.4 is 4.52 Å². The largest absolute Gasteiger partial charge is 0.254 e. The average molecular weight is 411 g/mol. The summed E-state index contributed by atoms with van der Waals surface area (Å²) in [7, 11) is 0. The summed E-state index contributed by atoms with van der Waals surface area (Å²) in [6.07, 6.45) is 0. The first kappa shape index (κ1) is 16.5. The minimum Gasteiger partial charge on any atom is -0.149 e. The summed E-state index contributed by atoms with van der Waals surface area (Å²) >= 11 is 0. The molecule has 2 nitrogen and oxygen atoms in total. The van der Waals surface area contributed by atoms with Crippen LogP contribution in [0.4, 0.5) is 0 Å². The standard InChI is InChI=1S/C29H31N2/c1-18(2)23-15-11-17-24-26-20(5)12-10-16-25(26)29-27(22-13-8-7-9-14-22)21(6)30(19(3)4)31(29)28(23)24/h7-19H,1-6H3/q+1/i5D3. The number of hydrogen-bond acceptors (Lipinski definition) is 0. The minimum absolute atomic E-state index is 0.219. The van der Waals surface area contributed by atoms with E-state index < -0.39 is 6.85 Å². The van der Waals surface area contributed by atoms with Gasteiger partial charge in [-0.05, 0) is 56.8 Å². The third-order valence-corrected chi connectivity index (χ3v) is 6.41. The maximum atomic E-state index is 8.33. The third-order valence-electron chi connectivity index (χ3n) is 6.41. The Morgan fingerprint density at radius 3 is 2.13 bits per heavy atom. The second-order valence-electron chi connectivity index (χ2n) is 9.05. The highest BCUT2D eigenvalue weighted by Crippen LogP contribution is 2.38. The first-order valence-electron chi connectivity index (χ1n) is 12.6. The van der Waals surface area contributed by atoms with Gasteiger partial charge in [0.25, 0.3) is 5.52 Å². The van der Waals surface area contributed by atoms with E-state index in [2.05, 4.69) is 92.3 Å². The Balaban J connectivity index is 2.20. The van der Waals surface area contributed by atoms with Crippen molar-refractivity contribution < 1.29 is 8.63 Å². The van der Waals surface area contributed by atoms with E-state index in [0.29, 0.717) is 5.56 Å². The molecule has 5 aromatic rings. The van der Waals surface area contributed by atoms with E-state index in [1.54, 1.807) is 6.07 Å². The second-order valence-corrected chi connectivity index (χ2v) is 9.05. The van der Waals surface area contributed by atoms with Crippen LogP contribution >= 0.6 is 0 Å². The third kappa shape index (κ3) is 2.81. The molecule has 31 heavy (non-hydrogen) atoms. The average Bonchev–Trinajstić information content (AvgIpc) is 3.11. The number of nitrogens with zero attached hydrogens (tertiary/aromatic N) is 2. The molecule has 0 unspecified atom stereocenters. The molecule has 0 amide bonds. The van der Waals surface area contributed by atoms with E-state index >= 15 is 0 Å².